The van der Waals surface area contributed by atoms with Crippen LogP contribution < -0.4 is 5.73 Å². The Kier molecular flexibility index (Phi) is 4.20. The highest BCUT2D eigenvalue weighted by Gasteiger charge is 2.28. The highest BCUT2D eigenvalue weighted by molar-refractivity contribution is 7.89. The first-order chi connectivity index (χ1) is 10.5. The summed E-state index contributed by atoms with van der Waals surface area (Å²) in [6.45, 7) is 3.35. The van der Waals surface area contributed by atoms with Crippen LogP contribution >= 0.6 is 11.3 Å². The zero-order valence-electron chi connectivity index (χ0n) is 12.4. The van der Waals surface area contributed by atoms with E-state index in [1.807, 2.05) is 11.4 Å². The Hall–Kier alpha value is -1.44. The molecule has 0 atom stereocenters. The SMILES string of the molecule is CC1CCN(S(=O)(=O)c2cccc(-c3csc(N)n3)c2)CC1. The van der Waals surface area contributed by atoms with Crippen molar-refractivity contribution < 1.29 is 8.42 Å². The van der Waals surface area contributed by atoms with E-state index in [1.165, 1.54) is 11.3 Å². The van der Waals surface area contributed by atoms with Crippen LogP contribution in [-0.2, 0) is 10.0 Å². The second-order valence-electron chi connectivity index (χ2n) is 5.69. The maximum atomic E-state index is 12.8. The van der Waals surface area contributed by atoms with Gasteiger partial charge in [0.15, 0.2) is 5.13 Å². The molecule has 1 aromatic heterocycles. The molecule has 0 bridgehead atoms. The molecule has 3 rings (SSSR count). The Balaban J connectivity index is 1.91. The van der Waals surface area contributed by atoms with Gasteiger partial charge in [0.1, 0.15) is 0 Å². The van der Waals surface area contributed by atoms with Crippen LogP contribution in [0.3, 0.4) is 0 Å². The fraction of sp³-hybridized carbons (Fsp3) is 0.400. The summed E-state index contributed by atoms with van der Waals surface area (Å²) in [5.41, 5.74) is 7.14. The van der Waals surface area contributed by atoms with Gasteiger partial charge in [0.25, 0.3) is 0 Å². The minimum Gasteiger partial charge on any atom is -0.375 e. The summed E-state index contributed by atoms with van der Waals surface area (Å²) in [5.74, 6) is 0.593. The minimum absolute atomic E-state index is 0.325. The first kappa shape index (κ1) is 15.5. The van der Waals surface area contributed by atoms with Gasteiger partial charge >= 0.3 is 0 Å². The van der Waals surface area contributed by atoms with E-state index >= 15 is 0 Å². The zero-order chi connectivity index (χ0) is 15.7. The minimum atomic E-state index is -3.43. The number of thiazole rings is 1. The van der Waals surface area contributed by atoms with Gasteiger partial charge in [-0.15, -0.1) is 11.3 Å². The van der Waals surface area contributed by atoms with Crippen molar-refractivity contribution in [1.82, 2.24) is 9.29 Å². The topological polar surface area (TPSA) is 76.3 Å². The molecule has 22 heavy (non-hydrogen) atoms. The second kappa shape index (κ2) is 5.98. The van der Waals surface area contributed by atoms with Crippen molar-refractivity contribution in [1.29, 1.82) is 0 Å². The van der Waals surface area contributed by atoms with Crippen LogP contribution in [0.4, 0.5) is 5.13 Å². The monoisotopic (exact) mass is 337 g/mol. The third kappa shape index (κ3) is 3.02. The van der Waals surface area contributed by atoms with Crippen LogP contribution in [0.5, 0.6) is 0 Å². The van der Waals surface area contributed by atoms with E-state index in [9.17, 15) is 8.42 Å². The van der Waals surface area contributed by atoms with Crippen molar-refractivity contribution in [3.05, 3.63) is 29.6 Å². The summed E-state index contributed by atoms with van der Waals surface area (Å²) in [5, 5.41) is 2.32. The number of benzene rings is 1. The molecule has 2 aromatic rings. The predicted molar refractivity (Wildman–Crippen MR) is 89.1 cm³/mol. The molecule has 0 aliphatic carbocycles. The van der Waals surface area contributed by atoms with E-state index in [-0.39, 0.29) is 0 Å². The molecule has 2 heterocycles. The van der Waals surface area contributed by atoms with Gasteiger partial charge in [-0.05, 0) is 30.9 Å². The smallest absolute Gasteiger partial charge is 0.243 e. The summed E-state index contributed by atoms with van der Waals surface area (Å²) in [4.78, 5) is 4.54. The predicted octanol–water partition coefficient (Wildman–Crippen LogP) is 2.81. The van der Waals surface area contributed by atoms with Crippen molar-refractivity contribution >= 4 is 26.5 Å². The van der Waals surface area contributed by atoms with Gasteiger partial charge < -0.3 is 5.73 Å². The Morgan fingerprint density at radius 2 is 2.05 bits per heavy atom. The molecule has 0 saturated carbocycles. The lowest BCUT2D eigenvalue weighted by atomic mass is 10.0. The fourth-order valence-electron chi connectivity index (χ4n) is 2.61. The molecule has 1 saturated heterocycles. The summed E-state index contributed by atoms with van der Waals surface area (Å²) in [6.07, 6.45) is 1.84. The van der Waals surface area contributed by atoms with Crippen LogP contribution in [0.25, 0.3) is 11.3 Å². The van der Waals surface area contributed by atoms with Crippen LogP contribution in [0.15, 0.2) is 34.5 Å². The average Bonchev–Trinajstić information content (AvgIpc) is 2.94. The van der Waals surface area contributed by atoms with Gasteiger partial charge in [-0.25, -0.2) is 13.4 Å². The van der Waals surface area contributed by atoms with Gasteiger partial charge in [0.05, 0.1) is 10.6 Å². The number of sulfonamides is 1. The molecule has 1 aromatic carbocycles. The Morgan fingerprint density at radius 1 is 1.32 bits per heavy atom. The number of hydrogen-bond acceptors (Lipinski definition) is 5. The van der Waals surface area contributed by atoms with Gasteiger partial charge in [0.2, 0.25) is 10.0 Å². The molecule has 1 fully saturated rings. The number of nitrogen functional groups attached to an aromatic ring is 1. The van der Waals surface area contributed by atoms with Crippen molar-refractivity contribution in [2.24, 2.45) is 5.92 Å². The molecule has 1 aliphatic heterocycles. The summed E-state index contributed by atoms with van der Waals surface area (Å²) in [7, 11) is -3.43. The van der Waals surface area contributed by atoms with E-state index in [0.717, 1.165) is 18.4 Å². The summed E-state index contributed by atoms with van der Waals surface area (Å²) < 4.78 is 27.1. The number of piperidine rings is 1. The lowest BCUT2D eigenvalue weighted by molar-refractivity contribution is 0.288. The molecule has 0 amide bonds. The molecule has 5 nitrogen and oxygen atoms in total. The van der Waals surface area contributed by atoms with Crippen LogP contribution in [0.1, 0.15) is 19.8 Å². The number of nitrogens with two attached hydrogens (primary N) is 1. The molecular formula is C15H19N3O2S2. The van der Waals surface area contributed by atoms with Crippen molar-refractivity contribution in [2.75, 3.05) is 18.8 Å². The maximum Gasteiger partial charge on any atom is 0.243 e. The lowest BCUT2D eigenvalue weighted by Crippen LogP contribution is -2.37. The highest BCUT2D eigenvalue weighted by Crippen LogP contribution is 2.28. The van der Waals surface area contributed by atoms with E-state index in [0.29, 0.717) is 34.7 Å². The third-order valence-corrected chi connectivity index (χ3v) is 6.60. The quantitative estimate of drug-likeness (QED) is 0.934. The molecule has 1 aliphatic rings. The number of aromatic nitrogens is 1. The van der Waals surface area contributed by atoms with E-state index in [1.54, 1.807) is 22.5 Å². The van der Waals surface area contributed by atoms with Gasteiger partial charge in [0, 0.05) is 24.0 Å². The van der Waals surface area contributed by atoms with Gasteiger partial charge in [-0.1, -0.05) is 19.1 Å². The molecule has 2 N–H and O–H groups in total. The van der Waals surface area contributed by atoms with E-state index in [4.69, 9.17) is 5.73 Å². The van der Waals surface area contributed by atoms with Crippen LogP contribution in [-0.4, -0.2) is 30.8 Å². The third-order valence-electron chi connectivity index (χ3n) is 4.03. The normalized spacial score (nSPS) is 17.7. The highest BCUT2D eigenvalue weighted by atomic mass is 32.2. The second-order valence-corrected chi connectivity index (χ2v) is 8.51. The molecule has 0 unspecified atom stereocenters. The van der Waals surface area contributed by atoms with Crippen molar-refractivity contribution in [3.8, 4) is 11.3 Å². The number of nitrogens with zero attached hydrogens (tertiary/aromatic N) is 2. The molecule has 7 heteroatoms. The summed E-state index contributed by atoms with van der Waals surface area (Å²) in [6, 6.07) is 6.94. The largest absolute Gasteiger partial charge is 0.375 e. The number of rotatable bonds is 3. The zero-order valence-corrected chi connectivity index (χ0v) is 14.0. The molecule has 118 valence electrons. The fourth-order valence-corrected chi connectivity index (χ4v) is 4.70. The summed E-state index contributed by atoms with van der Waals surface area (Å²) >= 11 is 1.35. The molecule has 0 spiro atoms. The average molecular weight is 337 g/mol. The molecular weight excluding hydrogens is 318 g/mol. The Bertz CT molecular complexity index is 763. The molecule has 0 radical (unpaired) electrons. The van der Waals surface area contributed by atoms with Crippen LogP contribution in [0.2, 0.25) is 0 Å². The maximum absolute atomic E-state index is 12.8. The van der Waals surface area contributed by atoms with Crippen molar-refractivity contribution in [2.45, 2.75) is 24.7 Å². The number of hydrogen-bond donors (Lipinski definition) is 1. The standard InChI is InChI=1S/C15H19N3O2S2/c1-11-5-7-18(8-6-11)22(19,20)13-4-2-3-12(9-13)14-10-21-15(16)17-14/h2-4,9-11H,5-8H2,1H3,(H2,16,17). The Labute approximate surface area is 134 Å². The number of anilines is 1. The Morgan fingerprint density at radius 3 is 2.68 bits per heavy atom. The van der Waals surface area contributed by atoms with Gasteiger partial charge in [-0.2, -0.15) is 4.31 Å². The van der Waals surface area contributed by atoms with Gasteiger partial charge in [-0.3, -0.25) is 0 Å². The van der Waals surface area contributed by atoms with E-state index < -0.39 is 10.0 Å². The van der Waals surface area contributed by atoms with Crippen LogP contribution in [0, 0.1) is 5.92 Å². The first-order valence-corrected chi connectivity index (χ1v) is 9.60. The first-order valence-electron chi connectivity index (χ1n) is 7.28. The van der Waals surface area contributed by atoms with Crippen molar-refractivity contribution in [3.63, 3.8) is 0 Å². The van der Waals surface area contributed by atoms with E-state index in [2.05, 4.69) is 11.9 Å². The lowest BCUT2D eigenvalue weighted by Gasteiger charge is -2.29.